The lowest BCUT2D eigenvalue weighted by atomic mass is 10.1. The van der Waals surface area contributed by atoms with Crippen LogP contribution in [-0.4, -0.2) is 41.6 Å². The lowest BCUT2D eigenvalue weighted by molar-refractivity contribution is -0.117. The summed E-state index contributed by atoms with van der Waals surface area (Å²) in [5.41, 5.74) is 1.84. The molecule has 0 saturated carbocycles. The molecule has 1 saturated heterocycles. The number of methoxy groups -OCH3 is 1. The van der Waals surface area contributed by atoms with Crippen molar-refractivity contribution in [1.29, 1.82) is 0 Å². The van der Waals surface area contributed by atoms with Gasteiger partial charge in [-0.05, 0) is 48.5 Å². The van der Waals surface area contributed by atoms with Crippen LogP contribution in [0.2, 0.25) is 0 Å². The van der Waals surface area contributed by atoms with Gasteiger partial charge < -0.3 is 15.0 Å². The number of anilines is 3. The maximum atomic E-state index is 12.5. The zero-order valence-electron chi connectivity index (χ0n) is 17.5. The Hall–Kier alpha value is -3.79. The minimum Gasteiger partial charge on any atom is -0.497 e. The van der Waals surface area contributed by atoms with Crippen LogP contribution in [0.5, 0.6) is 5.75 Å². The van der Waals surface area contributed by atoms with E-state index in [1.807, 2.05) is 24.3 Å². The highest BCUT2D eigenvalue weighted by Gasteiger charge is 2.34. The smallest absolute Gasteiger partial charge is 0.257 e. The van der Waals surface area contributed by atoms with Gasteiger partial charge >= 0.3 is 0 Å². The van der Waals surface area contributed by atoms with E-state index in [1.54, 1.807) is 36.3 Å². The summed E-state index contributed by atoms with van der Waals surface area (Å²) >= 11 is 1.26. The topological polar surface area (TPSA) is 114 Å². The number of benzene rings is 2. The zero-order chi connectivity index (χ0) is 22.7. The van der Waals surface area contributed by atoms with Crippen molar-refractivity contribution in [1.82, 2.24) is 10.2 Å². The molecule has 9 nitrogen and oxygen atoms in total. The summed E-state index contributed by atoms with van der Waals surface area (Å²) in [6, 6.07) is 13.9. The maximum absolute atomic E-state index is 12.5. The monoisotopic (exact) mass is 451 g/mol. The van der Waals surface area contributed by atoms with Gasteiger partial charge in [0.1, 0.15) is 10.8 Å². The third kappa shape index (κ3) is 4.75. The van der Waals surface area contributed by atoms with E-state index in [-0.39, 0.29) is 23.6 Å². The Bertz CT molecular complexity index is 1140. The van der Waals surface area contributed by atoms with E-state index < -0.39 is 0 Å². The molecule has 3 amide bonds. The van der Waals surface area contributed by atoms with Crippen LogP contribution in [0.1, 0.15) is 34.6 Å². The average Bonchev–Trinajstić information content (AvgIpc) is 3.40. The number of nitrogens with one attached hydrogen (secondary N) is 2. The second kappa shape index (κ2) is 9.15. The summed E-state index contributed by atoms with van der Waals surface area (Å²) in [4.78, 5) is 37.8. The van der Waals surface area contributed by atoms with Crippen LogP contribution in [0.15, 0.2) is 48.5 Å². The summed E-state index contributed by atoms with van der Waals surface area (Å²) < 4.78 is 5.17. The third-order valence-electron chi connectivity index (χ3n) is 4.99. The van der Waals surface area contributed by atoms with Crippen molar-refractivity contribution in [3.8, 4) is 5.75 Å². The summed E-state index contributed by atoms with van der Waals surface area (Å²) in [5, 5.41) is 14.7. The van der Waals surface area contributed by atoms with Crippen LogP contribution in [0, 0.1) is 0 Å². The van der Waals surface area contributed by atoms with Crippen molar-refractivity contribution in [2.45, 2.75) is 19.3 Å². The number of carbonyl (C=O) groups is 3. The van der Waals surface area contributed by atoms with Gasteiger partial charge in [0.15, 0.2) is 0 Å². The first kappa shape index (κ1) is 21.4. The summed E-state index contributed by atoms with van der Waals surface area (Å²) in [7, 11) is 1.60. The minimum atomic E-state index is -0.329. The van der Waals surface area contributed by atoms with Crippen LogP contribution in [0.25, 0.3) is 0 Å². The number of hydrogen-bond donors (Lipinski definition) is 2. The molecule has 4 rings (SSSR count). The Balaban J connectivity index is 1.39. The summed E-state index contributed by atoms with van der Waals surface area (Å²) in [6.07, 6.45) is 0.333. The Labute approximate surface area is 188 Å². The zero-order valence-corrected chi connectivity index (χ0v) is 18.3. The first-order chi connectivity index (χ1) is 15.4. The van der Waals surface area contributed by atoms with Gasteiger partial charge in [0, 0.05) is 42.7 Å². The molecule has 1 aliphatic heterocycles. The van der Waals surface area contributed by atoms with E-state index in [2.05, 4.69) is 20.8 Å². The van der Waals surface area contributed by atoms with Gasteiger partial charge in [0.25, 0.3) is 5.91 Å². The number of amides is 3. The molecule has 2 N–H and O–H groups in total. The first-order valence-electron chi connectivity index (χ1n) is 9.90. The number of carbonyl (C=O) groups excluding carboxylic acids is 3. The van der Waals surface area contributed by atoms with Gasteiger partial charge in [0.05, 0.1) is 7.11 Å². The second-order valence-corrected chi connectivity index (χ2v) is 8.27. The van der Waals surface area contributed by atoms with Crippen LogP contribution in [-0.2, 0) is 9.59 Å². The van der Waals surface area contributed by atoms with Gasteiger partial charge in [-0.2, -0.15) is 0 Å². The Morgan fingerprint density at radius 1 is 1.06 bits per heavy atom. The van der Waals surface area contributed by atoms with Gasteiger partial charge in [-0.1, -0.05) is 11.3 Å². The van der Waals surface area contributed by atoms with Gasteiger partial charge in [-0.3, -0.25) is 19.7 Å². The van der Waals surface area contributed by atoms with E-state index in [1.165, 1.54) is 18.3 Å². The number of ether oxygens (including phenoxy) is 1. The molecule has 0 aliphatic carbocycles. The van der Waals surface area contributed by atoms with Gasteiger partial charge in [-0.25, -0.2) is 0 Å². The van der Waals surface area contributed by atoms with Crippen molar-refractivity contribution in [2.75, 3.05) is 29.2 Å². The highest BCUT2D eigenvalue weighted by molar-refractivity contribution is 7.15. The molecule has 32 heavy (non-hydrogen) atoms. The molecule has 10 heteroatoms. The largest absolute Gasteiger partial charge is 0.497 e. The SMILES string of the molecule is COc1ccc(N2C[C@@H](c3nnc(NC(=O)c4ccc(NC(C)=O)cc4)s3)CC2=O)cc1. The molecule has 2 aromatic carbocycles. The van der Waals surface area contributed by atoms with Crippen molar-refractivity contribution in [3.63, 3.8) is 0 Å². The molecule has 1 atom stereocenters. The number of nitrogens with zero attached hydrogens (tertiary/aromatic N) is 3. The summed E-state index contributed by atoms with van der Waals surface area (Å²) in [6.45, 7) is 1.92. The average molecular weight is 452 g/mol. The molecule has 0 spiro atoms. The third-order valence-corrected chi connectivity index (χ3v) is 5.99. The maximum Gasteiger partial charge on any atom is 0.257 e. The van der Waals surface area contributed by atoms with E-state index in [0.29, 0.717) is 34.4 Å². The van der Waals surface area contributed by atoms with Gasteiger partial charge in [-0.15, -0.1) is 10.2 Å². The van der Waals surface area contributed by atoms with Crippen molar-refractivity contribution in [2.24, 2.45) is 0 Å². The Morgan fingerprint density at radius 2 is 1.78 bits per heavy atom. The van der Waals surface area contributed by atoms with E-state index in [9.17, 15) is 14.4 Å². The molecule has 0 bridgehead atoms. The van der Waals surface area contributed by atoms with Crippen LogP contribution >= 0.6 is 11.3 Å². The fourth-order valence-electron chi connectivity index (χ4n) is 3.41. The molecular formula is C22H21N5O4S. The molecule has 164 valence electrons. The molecule has 1 aliphatic rings. The normalized spacial score (nSPS) is 15.5. The predicted octanol–water partition coefficient (Wildman–Crippen LogP) is 3.28. The number of hydrogen-bond acceptors (Lipinski definition) is 7. The van der Waals surface area contributed by atoms with Crippen molar-refractivity contribution in [3.05, 3.63) is 59.1 Å². The molecule has 0 radical (unpaired) electrons. The highest BCUT2D eigenvalue weighted by atomic mass is 32.1. The standard InChI is InChI=1S/C22H21N5O4S/c1-13(28)23-16-5-3-14(4-6-16)20(30)24-22-26-25-21(32-22)15-11-19(29)27(12-15)17-7-9-18(31-2)10-8-17/h3-10,15H,11-12H2,1-2H3,(H,23,28)(H,24,26,30)/t15-/m0/s1. The van der Waals surface area contributed by atoms with E-state index in [4.69, 9.17) is 4.74 Å². The minimum absolute atomic E-state index is 0.0141. The second-order valence-electron chi connectivity index (χ2n) is 7.26. The van der Waals surface area contributed by atoms with Crippen LogP contribution < -0.4 is 20.3 Å². The fourth-order valence-corrected chi connectivity index (χ4v) is 4.24. The van der Waals surface area contributed by atoms with Gasteiger partial charge in [0.2, 0.25) is 16.9 Å². The predicted molar refractivity (Wildman–Crippen MR) is 121 cm³/mol. The Kier molecular flexibility index (Phi) is 6.13. The lowest BCUT2D eigenvalue weighted by Crippen LogP contribution is -2.24. The first-order valence-corrected chi connectivity index (χ1v) is 10.7. The molecule has 1 aromatic heterocycles. The van der Waals surface area contributed by atoms with Crippen molar-refractivity contribution >= 4 is 45.6 Å². The lowest BCUT2D eigenvalue weighted by Gasteiger charge is -2.16. The van der Waals surface area contributed by atoms with E-state index in [0.717, 1.165) is 11.4 Å². The molecule has 1 fully saturated rings. The Morgan fingerprint density at radius 3 is 2.44 bits per heavy atom. The van der Waals surface area contributed by atoms with Crippen LogP contribution in [0.4, 0.5) is 16.5 Å². The molecular weight excluding hydrogens is 430 g/mol. The van der Waals surface area contributed by atoms with Crippen molar-refractivity contribution < 1.29 is 19.1 Å². The quantitative estimate of drug-likeness (QED) is 0.595. The molecule has 0 unspecified atom stereocenters. The molecule has 3 aromatic rings. The summed E-state index contributed by atoms with van der Waals surface area (Å²) in [5.74, 6) is 0.139. The van der Waals surface area contributed by atoms with Crippen LogP contribution in [0.3, 0.4) is 0 Å². The highest BCUT2D eigenvalue weighted by Crippen LogP contribution is 2.34. The van der Waals surface area contributed by atoms with E-state index >= 15 is 0 Å². The number of aromatic nitrogens is 2. The fraction of sp³-hybridized carbons (Fsp3) is 0.227. The number of rotatable bonds is 6. The molecule has 2 heterocycles.